The van der Waals surface area contributed by atoms with Crippen molar-refractivity contribution < 1.29 is 18.7 Å². The van der Waals surface area contributed by atoms with Gasteiger partial charge in [0.05, 0.1) is 12.9 Å². The molecule has 9 heteroatoms. The van der Waals surface area contributed by atoms with Crippen molar-refractivity contribution >= 4 is 23.4 Å². The molecule has 0 aliphatic rings. The highest BCUT2D eigenvalue weighted by Crippen LogP contribution is 2.29. The number of aryl methyl sites for hydroxylation is 2. The Morgan fingerprint density at radius 3 is 2.78 bits per heavy atom. The predicted molar refractivity (Wildman–Crippen MR) is 123 cm³/mol. The zero-order chi connectivity index (χ0) is 23.1. The molecule has 1 amide bonds. The molecule has 7 nitrogen and oxygen atoms in total. The first kappa shape index (κ1) is 23.3. The minimum Gasteiger partial charge on any atom is -0.493 e. The summed E-state index contributed by atoms with van der Waals surface area (Å²) < 4.78 is 26.5. The maximum Gasteiger partial charge on any atom is 0.234 e. The lowest BCUT2D eigenvalue weighted by atomic mass is 10.2. The van der Waals surface area contributed by atoms with E-state index in [1.54, 1.807) is 26.2 Å². The molecular weight excluding hydrogens is 431 g/mol. The summed E-state index contributed by atoms with van der Waals surface area (Å²) in [4.78, 5) is 12.4. The highest BCUT2D eigenvalue weighted by Gasteiger charge is 2.15. The number of allylic oxidation sites excluding steroid dienone is 1. The second-order valence-corrected chi connectivity index (χ2v) is 7.98. The van der Waals surface area contributed by atoms with Crippen LogP contribution in [0.25, 0.3) is 0 Å². The van der Waals surface area contributed by atoms with Gasteiger partial charge in [0.25, 0.3) is 0 Å². The average Bonchev–Trinajstić information content (AvgIpc) is 3.15. The second-order valence-electron chi connectivity index (χ2n) is 7.04. The van der Waals surface area contributed by atoms with E-state index in [0.29, 0.717) is 34.7 Å². The number of thioether (sulfide) groups is 1. The van der Waals surface area contributed by atoms with Crippen molar-refractivity contribution in [3.63, 3.8) is 0 Å². The van der Waals surface area contributed by atoms with Crippen molar-refractivity contribution in [3.8, 4) is 11.5 Å². The fraction of sp³-hybridized carbons (Fsp3) is 0.261. The van der Waals surface area contributed by atoms with E-state index >= 15 is 0 Å². The Bertz CT molecular complexity index is 1120. The van der Waals surface area contributed by atoms with Gasteiger partial charge in [-0.3, -0.25) is 9.36 Å². The van der Waals surface area contributed by atoms with Crippen molar-refractivity contribution in [1.29, 1.82) is 0 Å². The molecule has 2 aromatic carbocycles. The van der Waals surface area contributed by atoms with Crippen LogP contribution in [-0.2, 0) is 17.9 Å². The van der Waals surface area contributed by atoms with Crippen LogP contribution in [0.15, 0.2) is 54.2 Å². The SMILES string of the molecule is C=CCn1c(COc2ccc(C)cc2OC)nnc1SCC(=O)Nc1cc(F)ccc1C. The topological polar surface area (TPSA) is 78.3 Å². The van der Waals surface area contributed by atoms with Gasteiger partial charge in [0, 0.05) is 12.2 Å². The molecule has 1 aromatic heterocycles. The highest BCUT2D eigenvalue weighted by molar-refractivity contribution is 7.99. The number of carbonyl (C=O) groups is 1. The van der Waals surface area contributed by atoms with Crippen LogP contribution in [0.4, 0.5) is 10.1 Å². The summed E-state index contributed by atoms with van der Waals surface area (Å²) >= 11 is 1.23. The third-order valence-electron chi connectivity index (χ3n) is 4.59. The minimum atomic E-state index is -0.404. The standard InChI is InChI=1S/C23H25FN4O3S/c1-5-10-28-21(13-31-19-9-6-15(2)11-20(19)30-4)26-27-23(28)32-14-22(29)25-18-12-17(24)8-7-16(18)3/h5-9,11-12H,1,10,13-14H2,2-4H3,(H,25,29). The number of ether oxygens (including phenoxy) is 2. The molecule has 0 saturated carbocycles. The number of aromatic nitrogens is 3. The van der Waals surface area contributed by atoms with Gasteiger partial charge >= 0.3 is 0 Å². The Labute approximate surface area is 190 Å². The summed E-state index contributed by atoms with van der Waals surface area (Å²) in [6.45, 7) is 8.20. The quantitative estimate of drug-likeness (QED) is 0.357. The number of benzene rings is 2. The monoisotopic (exact) mass is 456 g/mol. The Hall–Kier alpha value is -3.33. The maximum atomic E-state index is 13.4. The molecule has 0 radical (unpaired) electrons. The maximum absolute atomic E-state index is 13.4. The molecule has 3 rings (SSSR count). The number of nitrogens with zero attached hydrogens (tertiary/aromatic N) is 3. The summed E-state index contributed by atoms with van der Waals surface area (Å²) in [5, 5.41) is 11.7. The Kier molecular flexibility index (Phi) is 7.88. The first-order valence-electron chi connectivity index (χ1n) is 9.90. The van der Waals surface area contributed by atoms with Gasteiger partial charge in [0.15, 0.2) is 22.5 Å². The van der Waals surface area contributed by atoms with Crippen molar-refractivity contribution in [2.75, 3.05) is 18.2 Å². The number of halogens is 1. The Morgan fingerprint density at radius 1 is 1.22 bits per heavy atom. The van der Waals surface area contributed by atoms with Crippen LogP contribution in [0.3, 0.4) is 0 Å². The molecule has 0 unspecified atom stereocenters. The molecule has 168 valence electrons. The van der Waals surface area contributed by atoms with Gasteiger partial charge in [-0.1, -0.05) is 30.0 Å². The van der Waals surface area contributed by atoms with E-state index in [0.717, 1.165) is 11.1 Å². The molecule has 3 aromatic rings. The molecule has 0 aliphatic carbocycles. The fourth-order valence-electron chi connectivity index (χ4n) is 2.93. The van der Waals surface area contributed by atoms with Crippen LogP contribution in [0.2, 0.25) is 0 Å². The second kappa shape index (κ2) is 10.8. The lowest BCUT2D eigenvalue weighted by molar-refractivity contribution is -0.113. The first-order chi connectivity index (χ1) is 15.4. The molecule has 1 N–H and O–H groups in total. The molecule has 0 bridgehead atoms. The van der Waals surface area contributed by atoms with E-state index in [2.05, 4.69) is 22.1 Å². The summed E-state index contributed by atoms with van der Waals surface area (Å²) in [7, 11) is 1.59. The largest absolute Gasteiger partial charge is 0.493 e. The van der Waals surface area contributed by atoms with Gasteiger partial charge in [0.2, 0.25) is 5.91 Å². The van der Waals surface area contributed by atoms with Crippen molar-refractivity contribution in [3.05, 3.63) is 71.8 Å². The number of rotatable bonds is 10. The number of hydrogen-bond acceptors (Lipinski definition) is 6. The van der Waals surface area contributed by atoms with Crippen molar-refractivity contribution in [2.24, 2.45) is 0 Å². The van der Waals surface area contributed by atoms with Gasteiger partial charge in [0.1, 0.15) is 12.4 Å². The van der Waals surface area contributed by atoms with Gasteiger partial charge in [-0.2, -0.15) is 0 Å². The molecule has 0 aliphatic heterocycles. The molecule has 1 heterocycles. The van der Waals surface area contributed by atoms with Gasteiger partial charge in [-0.05, 0) is 49.2 Å². The molecule has 0 spiro atoms. The minimum absolute atomic E-state index is 0.0951. The van der Waals surface area contributed by atoms with E-state index in [1.165, 1.54) is 23.9 Å². The molecule has 0 saturated heterocycles. The van der Waals surface area contributed by atoms with Crippen LogP contribution < -0.4 is 14.8 Å². The fourth-order valence-corrected chi connectivity index (χ4v) is 3.69. The van der Waals surface area contributed by atoms with Gasteiger partial charge in [-0.15, -0.1) is 16.8 Å². The predicted octanol–water partition coefficient (Wildman–Crippen LogP) is 4.54. The zero-order valence-corrected chi connectivity index (χ0v) is 19.0. The summed E-state index contributed by atoms with van der Waals surface area (Å²) in [6.07, 6.45) is 1.72. The Morgan fingerprint density at radius 2 is 2.03 bits per heavy atom. The lowest BCUT2D eigenvalue weighted by Gasteiger charge is -2.12. The smallest absolute Gasteiger partial charge is 0.234 e. The van der Waals surface area contributed by atoms with Crippen LogP contribution in [0.1, 0.15) is 17.0 Å². The van der Waals surface area contributed by atoms with Gasteiger partial charge in [-0.25, -0.2) is 4.39 Å². The molecule has 32 heavy (non-hydrogen) atoms. The first-order valence-corrected chi connectivity index (χ1v) is 10.9. The van der Waals surface area contributed by atoms with Crippen molar-refractivity contribution in [2.45, 2.75) is 32.2 Å². The van der Waals surface area contributed by atoms with Crippen LogP contribution in [-0.4, -0.2) is 33.5 Å². The number of hydrogen-bond donors (Lipinski definition) is 1. The molecule has 0 atom stereocenters. The zero-order valence-electron chi connectivity index (χ0n) is 18.2. The number of carbonyl (C=O) groups excluding carboxylic acids is 1. The summed E-state index contributed by atoms with van der Waals surface area (Å²) in [6, 6.07) is 9.95. The summed E-state index contributed by atoms with van der Waals surface area (Å²) in [5.41, 5.74) is 2.30. The lowest BCUT2D eigenvalue weighted by Crippen LogP contribution is -2.16. The Balaban J connectivity index is 1.66. The van der Waals surface area contributed by atoms with Crippen LogP contribution in [0.5, 0.6) is 11.5 Å². The van der Waals surface area contributed by atoms with E-state index in [4.69, 9.17) is 9.47 Å². The van der Waals surface area contributed by atoms with E-state index in [1.807, 2.05) is 29.7 Å². The number of nitrogens with one attached hydrogen (secondary N) is 1. The molecular formula is C23H25FN4O3S. The van der Waals surface area contributed by atoms with Crippen LogP contribution in [0, 0.1) is 19.7 Å². The number of amides is 1. The highest BCUT2D eigenvalue weighted by atomic mass is 32.2. The summed E-state index contributed by atoms with van der Waals surface area (Å²) in [5.74, 6) is 1.26. The third-order valence-corrected chi connectivity index (χ3v) is 5.55. The van der Waals surface area contributed by atoms with E-state index in [-0.39, 0.29) is 18.3 Å². The van der Waals surface area contributed by atoms with Gasteiger partial charge < -0.3 is 14.8 Å². The number of anilines is 1. The normalized spacial score (nSPS) is 10.6. The van der Waals surface area contributed by atoms with Crippen LogP contribution >= 0.6 is 11.8 Å². The van der Waals surface area contributed by atoms with Crippen molar-refractivity contribution in [1.82, 2.24) is 14.8 Å². The average molecular weight is 457 g/mol. The number of methoxy groups -OCH3 is 1. The van der Waals surface area contributed by atoms with E-state index < -0.39 is 5.82 Å². The molecule has 0 fully saturated rings. The third kappa shape index (κ3) is 5.88. The van der Waals surface area contributed by atoms with E-state index in [9.17, 15) is 9.18 Å².